The summed E-state index contributed by atoms with van der Waals surface area (Å²) in [6.45, 7) is 5.82. The summed E-state index contributed by atoms with van der Waals surface area (Å²) in [5.41, 5.74) is 0.639. The molecule has 0 heterocycles. The van der Waals surface area contributed by atoms with Gasteiger partial charge in [0.25, 0.3) is 10.9 Å². The Morgan fingerprint density at radius 2 is 1.50 bits per heavy atom. The number of nitrogens with one attached hydrogen (secondary N) is 1. The number of rotatable bonds is 16. The van der Waals surface area contributed by atoms with E-state index in [9.17, 15) is 14.4 Å². The van der Waals surface area contributed by atoms with Gasteiger partial charge in [-0.1, -0.05) is 82.7 Å². The third-order valence-electron chi connectivity index (χ3n) is 5.85. The van der Waals surface area contributed by atoms with Crippen LogP contribution in [0, 0.1) is 0 Å². The first-order chi connectivity index (χ1) is 15.5. The van der Waals surface area contributed by atoms with E-state index in [2.05, 4.69) is 19.2 Å². The Kier molecular flexibility index (Phi) is 11.0. The molecule has 0 saturated heterocycles. The molecule has 0 fully saturated rings. The predicted octanol–water partition coefficient (Wildman–Crippen LogP) is 4.45. The van der Waals surface area contributed by atoms with Gasteiger partial charge < -0.3 is 15.0 Å². The molecule has 0 saturated carbocycles. The van der Waals surface area contributed by atoms with Gasteiger partial charge in [0.05, 0.1) is 7.11 Å². The molecule has 0 radical (unpaired) electrons. The first-order valence-electron chi connectivity index (χ1n) is 12.0. The number of unbranched alkanes of at least 4 members (excludes halogenated alkanes) is 6. The molecular formula is C26H38N2O4. The molecule has 1 N–H and O–H groups in total. The summed E-state index contributed by atoms with van der Waals surface area (Å²) in [6, 6.07) is 8.84. The number of ether oxygens (including phenoxy) is 1. The lowest BCUT2D eigenvalue weighted by Crippen LogP contribution is -2.46. The second-order valence-electron chi connectivity index (χ2n) is 8.40. The van der Waals surface area contributed by atoms with Gasteiger partial charge in [-0.3, -0.25) is 9.59 Å². The molecule has 0 amide bonds. The highest BCUT2D eigenvalue weighted by Gasteiger charge is 2.30. The number of anilines is 2. The Bertz CT molecular complexity index is 875. The van der Waals surface area contributed by atoms with Gasteiger partial charge >= 0.3 is 5.97 Å². The number of hydrogen-bond acceptors (Lipinski definition) is 6. The number of carbonyl (C=O) groups is 1. The Morgan fingerprint density at radius 3 is 2.03 bits per heavy atom. The van der Waals surface area contributed by atoms with Crippen LogP contribution in [-0.4, -0.2) is 32.2 Å². The monoisotopic (exact) mass is 442 g/mol. The van der Waals surface area contributed by atoms with Crippen LogP contribution in [0.25, 0.3) is 0 Å². The Morgan fingerprint density at radius 1 is 0.906 bits per heavy atom. The largest absolute Gasteiger partial charge is 0.467 e. The zero-order valence-electron chi connectivity index (χ0n) is 19.8. The predicted molar refractivity (Wildman–Crippen MR) is 131 cm³/mol. The minimum Gasteiger partial charge on any atom is -0.467 e. The van der Waals surface area contributed by atoms with Crippen molar-refractivity contribution in [1.29, 1.82) is 0 Å². The van der Waals surface area contributed by atoms with Crippen molar-refractivity contribution in [2.75, 3.05) is 30.4 Å². The molecule has 0 aliphatic heterocycles. The molecule has 0 unspecified atom stereocenters. The normalized spacial score (nSPS) is 12.0. The Labute approximate surface area is 191 Å². The molecule has 2 aromatic carbocycles. The fourth-order valence-electron chi connectivity index (χ4n) is 3.97. The van der Waals surface area contributed by atoms with Gasteiger partial charge in [0.15, 0.2) is 0 Å². The Balaban J connectivity index is 2.20. The second-order valence-corrected chi connectivity index (χ2v) is 8.40. The van der Waals surface area contributed by atoms with Crippen LogP contribution in [0.15, 0.2) is 39.9 Å². The van der Waals surface area contributed by atoms with Crippen molar-refractivity contribution >= 4 is 17.3 Å². The lowest BCUT2D eigenvalue weighted by Gasteiger charge is -2.29. The van der Waals surface area contributed by atoms with Crippen molar-refractivity contribution in [3.63, 3.8) is 0 Å². The summed E-state index contributed by atoms with van der Waals surface area (Å²) in [7, 11) is 1.33. The van der Waals surface area contributed by atoms with Crippen LogP contribution in [0.3, 0.4) is 0 Å². The molecule has 0 bridgehead atoms. The smallest absolute Gasteiger partial charge is 0.328 e. The zero-order valence-corrected chi connectivity index (χ0v) is 19.8. The van der Waals surface area contributed by atoms with Crippen LogP contribution in [0.1, 0.15) is 70.8 Å². The van der Waals surface area contributed by atoms with Crippen LogP contribution in [0.4, 0.5) is 11.4 Å². The highest BCUT2D eigenvalue weighted by molar-refractivity contribution is 5.84. The maximum absolute atomic E-state index is 12.6. The first-order valence-corrected chi connectivity index (χ1v) is 12.0. The van der Waals surface area contributed by atoms with Crippen LogP contribution in [0.2, 0.25) is 0 Å². The van der Waals surface area contributed by atoms with Crippen molar-refractivity contribution in [2.24, 2.45) is 0 Å². The van der Waals surface area contributed by atoms with E-state index < -0.39 is 22.9 Å². The van der Waals surface area contributed by atoms with Crippen molar-refractivity contribution in [3.05, 3.63) is 56.3 Å². The van der Waals surface area contributed by atoms with E-state index in [0.29, 0.717) is 12.1 Å². The number of carbonyl (C=O) groups excluding carboxylic acids is 1. The molecule has 2 rings (SSSR count). The van der Waals surface area contributed by atoms with Crippen LogP contribution in [-0.2, 0) is 16.0 Å². The fraction of sp³-hybridized carbons (Fsp3) is 0.577. The summed E-state index contributed by atoms with van der Waals surface area (Å²) in [5.74, 6) is -0.453. The number of hydrogen-bond donors (Lipinski definition) is 1. The maximum atomic E-state index is 12.6. The quantitative estimate of drug-likeness (QED) is 0.235. The summed E-state index contributed by atoms with van der Waals surface area (Å²) in [5, 5.41) is 3.06. The molecule has 2 aromatic rings. The van der Waals surface area contributed by atoms with Gasteiger partial charge in [0.2, 0.25) is 0 Å². The lowest BCUT2D eigenvalue weighted by atomic mass is 10.0. The second kappa shape index (κ2) is 13.7. The van der Waals surface area contributed by atoms with E-state index in [-0.39, 0.29) is 5.69 Å². The van der Waals surface area contributed by atoms with E-state index >= 15 is 0 Å². The summed E-state index contributed by atoms with van der Waals surface area (Å²) >= 11 is 0. The first kappa shape index (κ1) is 25.6. The highest BCUT2D eigenvalue weighted by atomic mass is 16.5. The van der Waals surface area contributed by atoms with Gasteiger partial charge in [-0.05, 0) is 18.4 Å². The standard InChI is InChI=1S/C26H38N2O4/c1-4-6-8-13-17-28(18-14-9-7-5-2)23-22(24(29)25(23)30)27-21(26(31)32-3)19-20-15-11-10-12-16-20/h10-12,15-16,21,27H,4-9,13-14,17-19H2,1-3H3/t21-/m0/s1. The lowest BCUT2D eigenvalue weighted by molar-refractivity contribution is -0.141. The molecule has 6 heteroatoms. The van der Waals surface area contributed by atoms with Crippen molar-refractivity contribution in [3.8, 4) is 0 Å². The average Bonchev–Trinajstić information content (AvgIpc) is 2.82. The minimum atomic E-state index is -0.730. The summed E-state index contributed by atoms with van der Waals surface area (Å²) < 4.78 is 4.96. The number of methoxy groups -OCH3 is 1. The molecule has 0 aliphatic rings. The average molecular weight is 443 g/mol. The molecule has 0 spiro atoms. The molecule has 0 aliphatic carbocycles. The minimum absolute atomic E-state index is 0.257. The number of nitrogens with zero attached hydrogens (tertiary/aromatic N) is 1. The third-order valence-corrected chi connectivity index (χ3v) is 5.85. The summed E-state index contributed by atoms with van der Waals surface area (Å²) in [4.78, 5) is 39.5. The van der Waals surface area contributed by atoms with Crippen molar-refractivity contribution in [1.82, 2.24) is 0 Å². The van der Waals surface area contributed by atoms with E-state index in [1.165, 1.54) is 7.11 Å². The summed E-state index contributed by atoms with van der Waals surface area (Å²) in [6.07, 6.45) is 9.11. The molecule has 176 valence electrons. The SMILES string of the molecule is CCCCCCN(CCCCCC)c1c(N[C@@H](Cc2ccccc2)C(=O)OC)c(=O)c1=O. The van der Waals surface area contributed by atoms with E-state index in [0.717, 1.165) is 70.0 Å². The van der Waals surface area contributed by atoms with Crippen LogP contribution in [0.5, 0.6) is 0 Å². The molecular weight excluding hydrogens is 404 g/mol. The topological polar surface area (TPSA) is 75.7 Å². The number of esters is 1. The highest BCUT2D eigenvalue weighted by Crippen LogP contribution is 2.24. The van der Waals surface area contributed by atoms with Crippen LogP contribution < -0.4 is 21.1 Å². The van der Waals surface area contributed by atoms with Crippen molar-refractivity contribution in [2.45, 2.75) is 77.7 Å². The maximum Gasteiger partial charge on any atom is 0.328 e. The molecule has 32 heavy (non-hydrogen) atoms. The van der Waals surface area contributed by atoms with E-state index in [1.807, 2.05) is 35.2 Å². The van der Waals surface area contributed by atoms with Gasteiger partial charge in [-0.15, -0.1) is 0 Å². The zero-order chi connectivity index (χ0) is 23.3. The van der Waals surface area contributed by atoms with Gasteiger partial charge in [0, 0.05) is 19.5 Å². The van der Waals surface area contributed by atoms with Gasteiger partial charge in [-0.2, -0.15) is 0 Å². The van der Waals surface area contributed by atoms with Crippen LogP contribution >= 0.6 is 0 Å². The van der Waals surface area contributed by atoms with Gasteiger partial charge in [0.1, 0.15) is 17.4 Å². The molecule has 6 nitrogen and oxygen atoms in total. The molecule has 1 atom stereocenters. The third kappa shape index (κ3) is 7.21. The van der Waals surface area contributed by atoms with E-state index in [1.54, 1.807) is 0 Å². The van der Waals surface area contributed by atoms with Gasteiger partial charge in [-0.25, -0.2) is 4.79 Å². The fourth-order valence-corrected chi connectivity index (χ4v) is 3.97. The van der Waals surface area contributed by atoms with Crippen molar-refractivity contribution < 1.29 is 9.53 Å². The van der Waals surface area contributed by atoms with E-state index in [4.69, 9.17) is 4.74 Å². The number of benzene rings is 1. The molecule has 0 aromatic heterocycles. The Hall–Kier alpha value is -2.63.